The van der Waals surface area contributed by atoms with E-state index < -0.39 is 11.9 Å². The molecular formula is C34H29ClN2O7. The fraction of sp³-hybridized carbons (Fsp3) is 0.147. The van der Waals surface area contributed by atoms with Gasteiger partial charge in [0.05, 0.1) is 26.5 Å². The van der Waals surface area contributed by atoms with Gasteiger partial charge in [0.2, 0.25) is 0 Å². The van der Waals surface area contributed by atoms with Crippen molar-refractivity contribution in [1.82, 2.24) is 5.32 Å². The van der Waals surface area contributed by atoms with Gasteiger partial charge in [0.1, 0.15) is 24.0 Å². The average molecular weight is 613 g/mol. The predicted octanol–water partition coefficient (Wildman–Crippen LogP) is 6.76. The van der Waals surface area contributed by atoms with Crippen LogP contribution in [-0.4, -0.2) is 25.6 Å². The smallest absolute Gasteiger partial charge is 0.336 e. The zero-order valence-electron chi connectivity index (χ0n) is 24.0. The molecule has 0 aliphatic carbocycles. The van der Waals surface area contributed by atoms with Crippen molar-refractivity contribution >= 4 is 35.6 Å². The first-order chi connectivity index (χ1) is 21.4. The van der Waals surface area contributed by atoms with Crippen LogP contribution in [0.4, 0.5) is 0 Å². The Bertz CT molecular complexity index is 1690. The molecule has 1 heterocycles. The number of ether oxygens (including phenoxy) is 4. The number of amides is 1. The van der Waals surface area contributed by atoms with Gasteiger partial charge in [-0.25, -0.2) is 4.79 Å². The number of carbonyl (C=O) groups is 2. The van der Waals surface area contributed by atoms with Gasteiger partial charge in [0, 0.05) is 11.1 Å². The highest BCUT2D eigenvalue weighted by Gasteiger charge is 2.13. The van der Waals surface area contributed by atoms with Crippen LogP contribution in [0.1, 0.15) is 29.4 Å². The summed E-state index contributed by atoms with van der Waals surface area (Å²) in [4.78, 5) is 25.1. The van der Waals surface area contributed by atoms with Gasteiger partial charge in [-0.1, -0.05) is 35.9 Å². The lowest BCUT2D eigenvalue weighted by molar-refractivity contribution is -0.129. The van der Waals surface area contributed by atoms with Crippen LogP contribution in [0.2, 0.25) is 5.02 Å². The minimum Gasteiger partial charge on any atom is -0.493 e. The summed E-state index contributed by atoms with van der Waals surface area (Å²) in [5, 5.41) is 12.8. The molecule has 0 bridgehead atoms. The molecular weight excluding hydrogens is 584 g/mol. The molecule has 0 unspecified atom stereocenters. The van der Waals surface area contributed by atoms with E-state index in [0.717, 1.165) is 5.56 Å². The normalized spacial score (nSPS) is 11.1. The van der Waals surface area contributed by atoms with Crippen molar-refractivity contribution in [1.29, 1.82) is 5.26 Å². The lowest BCUT2D eigenvalue weighted by atomic mass is 10.1. The van der Waals surface area contributed by atoms with Gasteiger partial charge < -0.3 is 28.7 Å². The van der Waals surface area contributed by atoms with E-state index in [4.69, 9.17) is 35.0 Å². The molecule has 0 saturated heterocycles. The summed E-state index contributed by atoms with van der Waals surface area (Å²) in [7, 11) is 1.54. The number of esters is 1. The van der Waals surface area contributed by atoms with Crippen molar-refractivity contribution in [2.75, 3.05) is 13.7 Å². The van der Waals surface area contributed by atoms with Crippen LogP contribution in [-0.2, 0) is 22.7 Å². The molecule has 9 nitrogen and oxygen atoms in total. The SMILES string of the molecule is CCOc1cc(/C=C(\C#N)C(=O)NCc2ccco2)ccc1OC(=O)/C=C/c1ccc(OCc2ccc(Cl)cc2)c(OC)c1. The predicted molar refractivity (Wildman–Crippen MR) is 165 cm³/mol. The Hall–Kier alpha value is -5.46. The molecule has 3 aromatic carbocycles. The van der Waals surface area contributed by atoms with Gasteiger partial charge in [-0.3, -0.25) is 4.79 Å². The number of nitrogens with zero attached hydrogens (tertiary/aromatic N) is 1. The standard InChI is InChI=1S/C34H29ClN2O7/c1-3-41-32-19-25(17-26(20-36)34(39)37-21-28-5-4-16-42-28)9-14-30(32)44-33(38)15-10-23-8-13-29(31(18-23)40-2)43-22-24-6-11-27(35)12-7-24/h4-19H,3,21-22H2,1-2H3,(H,37,39)/b15-10+,26-17+. The third-order valence-corrected chi connectivity index (χ3v) is 6.32. The summed E-state index contributed by atoms with van der Waals surface area (Å²) in [6.45, 7) is 2.57. The second-order valence-electron chi connectivity index (χ2n) is 9.15. The number of nitriles is 1. The molecule has 10 heteroatoms. The largest absolute Gasteiger partial charge is 0.493 e. The number of halogens is 1. The van der Waals surface area contributed by atoms with Crippen LogP contribution in [0.5, 0.6) is 23.0 Å². The molecule has 0 aliphatic rings. The van der Waals surface area contributed by atoms with Crippen molar-refractivity contribution in [2.45, 2.75) is 20.1 Å². The van der Waals surface area contributed by atoms with E-state index in [2.05, 4.69) is 5.32 Å². The second-order valence-corrected chi connectivity index (χ2v) is 9.59. The number of furan rings is 1. The first kappa shape index (κ1) is 31.5. The molecule has 0 fully saturated rings. The molecule has 1 N–H and O–H groups in total. The van der Waals surface area contributed by atoms with E-state index in [1.165, 1.54) is 31.6 Å². The second kappa shape index (κ2) is 15.7. The Kier molecular flexibility index (Phi) is 11.2. The number of nitrogens with one attached hydrogen (secondary N) is 1. The molecule has 4 aromatic rings. The van der Waals surface area contributed by atoms with Crippen LogP contribution in [0.25, 0.3) is 12.2 Å². The zero-order valence-corrected chi connectivity index (χ0v) is 24.8. The van der Waals surface area contributed by atoms with Crippen molar-refractivity contribution in [3.05, 3.63) is 118 Å². The van der Waals surface area contributed by atoms with Crippen LogP contribution in [0, 0.1) is 11.3 Å². The van der Waals surface area contributed by atoms with Crippen LogP contribution >= 0.6 is 11.6 Å². The monoisotopic (exact) mass is 612 g/mol. The van der Waals surface area contributed by atoms with Gasteiger partial charge in [-0.15, -0.1) is 0 Å². The maximum Gasteiger partial charge on any atom is 0.336 e. The molecule has 0 atom stereocenters. The van der Waals surface area contributed by atoms with Crippen molar-refractivity contribution in [3.63, 3.8) is 0 Å². The minimum atomic E-state index is -0.633. The Morgan fingerprint density at radius 3 is 2.41 bits per heavy atom. The van der Waals surface area contributed by atoms with Gasteiger partial charge in [-0.05, 0) is 84.3 Å². The van der Waals surface area contributed by atoms with Gasteiger partial charge in [0.15, 0.2) is 23.0 Å². The third kappa shape index (κ3) is 9.02. The summed E-state index contributed by atoms with van der Waals surface area (Å²) in [6, 6.07) is 22.7. The van der Waals surface area contributed by atoms with E-state index in [-0.39, 0.29) is 23.6 Å². The molecule has 0 radical (unpaired) electrons. The molecule has 4 rings (SSSR count). The number of benzene rings is 3. The van der Waals surface area contributed by atoms with Gasteiger partial charge in [0.25, 0.3) is 5.91 Å². The van der Waals surface area contributed by atoms with Crippen LogP contribution < -0.4 is 24.3 Å². The fourth-order valence-corrected chi connectivity index (χ4v) is 4.04. The zero-order chi connectivity index (χ0) is 31.3. The summed E-state index contributed by atoms with van der Waals surface area (Å²) in [6.07, 6.45) is 5.79. The number of rotatable bonds is 13. The van der Waals surface area contributed by atoms with Gasteiger partial charge in [-0.2, -0.15) is 5.26 Å². The Morgan fingerprint density at radius 1 is 0.955 bits per heavy atom. The highest BCUT2D eigenvalue weighted by atomic mass is 35.5. The summed E-state index contributed by atoms with van der Waals surface area (Å²) in [5.74, 6) is 0.884. The Balaban J connectivity index is 1.40. The summed E-state index contributed by atoms with van der Waals surface area (Å²) < 4.78 is 27.7. The quantitative estimate of drug-likeness (QED) is 0.0761. The number of hydrogen-bond acceptors (Lipinski definition) is 8. The maximum atomic E-state index is 12.7. The highest BCUT2D eigenvalue weighted by Crippen LogP contribution is 2.31. The molecule has 0 aliphatic heterocycles. The topological polar surface area (TPSA) is 120 Å². The van der Waals surface area contributed by atoms with Crippen LogP contribution in [0.3, 0.4) is 0 Å². The molecule has 44 heavy (non-hydrogen) atoms. The van der Waals surface area contributed by atoms with E-state index in [0.29, 0.717) is 46.6 Å². The lowest BCUT2D eigenvalue weighted by Crippen LogP contribution is -2.23. The first-order valence-electron chi connectivity index (χ1n) is 13.5. The minimum absolute atomic E-state index is 0.108. The number of carbonyl (C=O) groups excluding carboxylic acids is 2. The third-order valence-electron chi connectivity index (χ3n) is 6.06. The molecule has 0 spiro atoms. The molecule has 1 aromatic heterocycles. The Labute approximate surface area is 259 Å². The molecule has 1 amide bonds. The average Bonchev–Trinajstić information content (AvgIpc) is 3.56. The molecule has 224 valence electrons. The van der Waals surface area contributed by atoms with E-state index in [9.17, 15) is 14.9 Å². The Morgan fingerprint density at radius 2 is 1.70 bits per heavy atom. The van der Waals surface area contributed by atoms with E-state index in [1.807, 2.05) is 18.2 Å². The fourth-order valence-electron chi connectivity index (χ4n) is 3.91. The summed E-state index contributed by atoms with van der Waals surface area (Å²) >= 11 is 5.94. The van der Waals surface area contributed by atoms with Gasteiger partial charge >= 0.3 is 5.97 Å². The lowest BCUT2D eigenvalue weighted by Gasteiger charge is -2.12. The first-order valence-corrected chi connectivity index (χ1v) is 13.9. The number of methoxy groups -OCH3 is 1. The van der Waals surface area contributed by atoms with Crippen molar-refractivity contribution in [3.8, 4) is 29.1 Å². The van der Waals surface area contributed by atoms with E-state index in [1.54, 1.807) is 67.6 Å². The summed E-state index contributed by atoms with van der Waals surface area (Å²) in [5.41, 5.74) is 2.05. The van der Waals surface area contributed by atoms with Crippen molar-refractivity contribution < 1.29 is 33.0 Å². The maximum absolute atomic E-state index is 12.7. The van der Waals surface area contributed by atoms with Crippen molar-refractivity contribution in [2.24, 2.45) is 0 Å². The van der Waals surface area contributed by atoms with E-state index >= 15 is 0 Å². The molecule has 0 saturated carbocycles. The van der Waals surface area contributed by atoms with Crippen LogP contribution in [0.15, 0.2) is 95.1 Å². The highest BCUT2D eigenvalue weighted by molar-refractivity contribution is 6.30. The number of hydrogen-bond donors (Lipinski definition) is 1.